The summed E-state index contributed by atoms with van der Waals surface area (Å²) >= 11 is 0. The number of nitrogens with one attached hydrogen (secondary N) is 1. The van der Waals surface area contributed by atoms with Crippen molar-refractivity contribution in [2.24, 2.45) is 0 Å². The van der Waals surface area contributed by atoms with E-state index in [9.17, 15) is 13.6 Å². The molecule has 1 amide bonds. The van der Waals surface area contributed by atoms with Crippen molar-refractivity contribution < 1.29 is 18.3 Å². The molecular formula is C13H18F2N2O2. The lowest BCUT2D eigenvalue weighted by molar-refractivity contribution is 0.0892. The number of benzene rings is 1. The van der Waals surface area contributed by atoms with Crippen LogP contribution in [0.5, 0.6) is 0 Å². The van der Waals surface area contributed by atoms with Crippen LogP contribution in [-0.4, -0.2) is 25.7 Å². The van der Waals surface area contributed by atoms with Crippen LogP contribution >= 0.6 is 0 Å². The Bertz CT molecular complexity index is 447. The highest BCUT2D eigenvalue weighted by Crippen LogP contribution is 2.17. The van der Waals surface area contributed by atoms with E-state index >= 15 is 0 Å². The standard InChI is InChI=1S/C13H18F2N2O2/c1-3-4-8(7-19-2)17-13(18)9-5-10(14)11(15)6-12(9)16/h5-6,8H,3-4,7,16H2,1-2H3,(H,17,18). The first-order valence-corrected chi connectivity index (χ1v) is 6.03. The van der Waals surface area contributed by atoms with E-state index in [1.54, 1.807) is 0 Å². The van der Waals surface area contributed by atoms with E-state index in [1.165, 1.54) is 7.11 Å². The molecule has 0 aliphatic heterocycles. The smallest absolute Gasteiger partial charge is 0.253 e. The average Bonchev–Trinajstić information content (AvgIpc) is 2.34. The summed E-state index contributed by atoms with van der Waals surface area (Å²) in [5.74, 6) is -2.71. The van der Waals surface area contributed by atoms with Gasteiger partial charge in [0.1, 0.15) is 0 Å². The monoisotopic (exact) mass is 272 g/mol. The van der Waals surface area contributed by atoms with Gasteiger partial charge in [0.2, 0.25) is 0 Å². The number of amides is 1. The van der Waals surface area contributed by atoms with E-state index in [2.05, 4.69) is 5.32 Å². The Morgan fingerprint density at radius 3 is 2.63 bits per heavy atom. The van der Waals surface area contributed by atoms with Gasteiger partial charge in [0, 0.05) is 18.9 Å². The first-order chi connectivity index (χ1) is 8.99. The van der Waals surface area contributed by atoms with Gasteiger partial charge in [-0.2, -0.15) is 0 Å². The molecule has 0 spiro atoms. The number of nitrogen functional groups attached to an aromatic ring is 1. The summed E-state index contributed by atoms with van der Waals surface area (Å²) in [6.45, 7) is 2.32. The summed E-state index contributed by atoms with van der Waals surface area (Å²) in [6.07, 6.45) is 1.59. The van der Waals surface area contributed by atoms with Crippen molar-refractivity contribution >= 4 is 11.6 Å². The first kappa shape index (κ1) is 15.4. The second-order valence-corrected chi connectivity index (χ2v) is 4.27. The second kappa shape index (κ2) is 7.04. The van der Waals surface area contributed by atoms with Crippen LogP contribution in [-0.2, 0) is 4.74 Å². The van der Waals surface area contributed by atoms with E-state index in [0.717, 1.165) is 25.0 Å². The number of anilines is 1. The number of hydrogen-bond acceptors (Lipinski definition) is 3. The van der Waals surface area contributed by atoms with Crippen molar-refractivity contribution in [1.82, 2.24) is 5.32 Å². The number of halogens is 2. The molecule has 1 atom stereocenters. The zero-order valence-electron chi connectivity index (χ0n) is 11.0. The van der Waals surface area contributed by atoms with E-state index < -0.39 is 17.5 Å². The van der Waals surface area contributed by atoms with Crippen LogP contribution in [0.3, 0.4) is 0 Å². The summed E-state index contributed by atoms with van der Waals surface area (Å²) in [5, 5.41) is 2.69. The van der Waals surface area contributed by atoms with Crippen LogP contribution < -0.4 is 11.1 Å². The highest BCUT2D eigenvalue weighted by atomic mass is 19.2. The van der Waals surface area contributed by atoms with Gasteiger partial charge >= 0.3 is 0 Å². The van der Waals surface area contributed by atoms with Crippen molar-refractivity contribution in [3.05, 3.63) is 29.3 Å². The fraction of sp³-hybridized carbons (Fsp3) is 0.462. The minimum atomic E-state index is -1.10. The van der Waals surface area contributed by atoms with Crippen molar-refractivity contribution in [2.45, 2.75) is 25.8 Å². The molecule has 1 unspecified atom stereocenters. The predicted molar refractivity (Wildman–Crippen MR) is 68.8 cm³/mol. The zero-order chi connectivity index (χ0) is 14.4. The molecule has 1 rings (SSSR count). The average molecular weight is 272 g/mol. The summed E-state index contributed by atoms with van der Waals surface area (Å²) < 4.78 is 31.0. The van der Waals surface area contributed by atoms with Gasteiger partial charge in [0.15, 0.2) is 11.6 Å². The van der Waals surface area contributed by atoms with Crippen molar-refractivity contribution in [1.29, 1.82) is 0 Å². The number of carbonyl (C=O) groups excluding carboxylic acids is 1. The molecule has 0 saturated heterocycles. The van der Waals surface area contributed by atoms with Gasteiger partial charge in [0.05, 0.1) is 18.2 Å². The van der Waals surface area contributed by atoms with Gasteiger partial charge in [-0.05, 0) is 12.5 Å². The number of rotatable bonds is 6. The number of methoxy groups -OCH3 is 1. The summed E-state index contributed by atoms with van der Waals surface area (Å²) in [6, 6.07) is 1.42. The molecule has 0 radical (unpaired) electrons. The highest BCUT2D eigenvalue weighted by molar-refractivity contribution is 5.99. The van der Waals surface area contributed by atoms with E-state index in [-0.39, 0.29) is 17.3 Å². The van der Waals surface area contributed by atoms with E-state index in [0.29, 0.717) is 6.61 Å². The molecule has 1 aromatic carbocycles. The Balaban J connectivity index is 2.84. The largest absolute Gasteiger partial charge is 0.398 e. The number of hydrogen-bond donors (Lipinski definition) is 2. The van der Waals surface area contributed by atoms with Crippen LogP contribution in [0.2, 0.25) is 0 Å². The number of ether oxygens (including phenoxy) is 1. The Hall–Kier alpha value is -1.69. The van der Waals surface area contributed by atoms with Crippen LogP contribution in [0.4, 0.5) is 14.5 Å². The first-order valence-electron chi connectivity index (χ1n) is 6.03. The Kier molecular flexibility index (Phi) is 5.69. The van der Waals surface area contributed by atoms with Crippen LogP contribution in [0, 0.1) is 11.6 Å². The molecule has 4 nitrogen and oxygen atoms in total. The molecule has 0 heterocycles. The Morgan fingerprint density at radius 2 is 2.05 bits per heavy atom. The normalized spacial score (nSPS) is 12.2. The van der Waals surface area contributed by atoms with E-state index in [4.69, 9.17) is 10.5 Å². The minimum Gasteiger partial charge on any atom is -0.398 e. The fourth-order valence-electron chi connectivity index (χ4n) is 1.77. The molecule has 19 heavy (non-hydrogen) atoms. The molecule has 0 saturated carbocycles. The summed E-state index contributed by atoms with van der Waals surface area (Å²) in [4.78, 5) is 12.0. The maximum Gasteiger partial charge on any atom is 0.253 e. The molecule has 106 valence electrons. The van der Waals surface area contributed by atoms with Gasteiger partial charge in [-0.25, -0.2) is 8.78 Å². The molecule has 0 fully saturated rings. The van der Waals surface area contributed by atoms with Crippen molar-refractivity contribution in [2.75, 3.05) is 19.5 Å². The second-order valence-electron chi connectivity index (χ2n) is 4.27. The third kappa shape index (κ3) is 4.17. The molecule has 3 N–H and O–H groups in total. The molecular weight excluding hydrogens is 254 g/mol. The van der Waals surface area contributed by atoms with Gasteiger partial charge in [-0.1, -0.05) is 13.3 Å². The summed E-state index contributed by atoms with van der Waals surface area (Å²) in [7, 11) is 1.53. The quantitative estimate of drug-likeness (QED) is 0.779. The minimum absolute atomic E-state index is 0.0730. The third-order valence-electron chi connectivity index (χ3n) is 2.68. The maximum atomic E-state index is 13.1. The van der Waals surface area contributed by atoms with Gasteiger partial charge in [0.25, 0.3) is 5.91 Å². The number of nitrogens with two attached hydrogens (primary N) is 1. The highest BCUT2D eigenvalue weighted by Gasteiger charge is 2.17. The molecule has 0 bridgehead atoms. The van der Waals surface area contributed by atoms with Crippen molar-refractivity contribution in [3.8, 4) is 0 Å². The SMILES string of the molecule is CCCC(COC)NC(=O)c1cc(F)c(F)cc1N. The van der Waals surface area contributed by atoms with Crippen LogP contribution in [0.15, 0.2) is 12.1 Å². The van der Waals surface area contributed by atoms with E-state index in [1.807, 2.05) is 6.92 Å². The molecule has 6 heteroatoms. The van der Waals surface area contributed by atoms with Crippen LogP contribution in [0.25, 0.3) is 0 Å². The molecule has 1 aromatic rings. The third-order valence-corrected chi connectivity index (χ3v) is 2.68. The number of carbonyl (C=O) groups is 1. The molecule has 0 aliphatic rings. The Morgan fingerprint density at radius 1 is 1.42 bits per heavy atom. The van der Waals surface area contributed by atoms with Gasteiger partial charge in [-0.15, -0.1) is 0 Å². The van der Waals surface area contributed by atoms with Gasteiger partial charge < -0.3 is 15.8 Å². The lowest BCUT2D eigenvalue weighted by Gasteiger charge is -2.17. The Labute approximate surface area is 110 Å². The zero-order valence-corrected chi connectivity index (χ0v) is 11.0. The topological polar surface area (TPSA) is 64.3 Å². The fourth-order valence-corrected chi connectivity index (χ4v) is 1.77. The maximum absolute atomic E-state index is 13.1. The lowest BCUT2D eigenvalue weighted by Crippen LogP contribution is -2.38. The van der Waals surface area contributed by atoms with Crippen molar-refractivity contribution in [3.63, 3.8) is 0 Å². The van der Waals surface area contributed by atoms with Crippen LogP contribution in [0.1, 0.15) is 30.1 Å². The molecule has 0 aliphatic carbocycles. The summed E-state index contributed by atoms with van der Waals surface area (Å²) in [5.41, 5.74) is 5.35. The predicted octanol–water partition coefficient (Wildman–Crippen LogP) is 2.09. The van der Waals surface area contributed by atoms with Gasteiger partial charge in [-0.3, -0.25) is 4.79 Å². The lowest BCUT2D eigenvalue weighted by atomic mass is 10.1. The molecule has 0 aromatic heterocycles.